The lowest BCUT2D eigenvalue weighted by Gasteiger charge is -2.28. The summed E-state index contributed by atoms with van der Waals surface area (Å²) in [6.07, 6.45) is 7.16. The second kappa shape index (κ2) is 11.0. The van der Waals surface area contributed by atoms with Gasteiger partial charge in [-0.3, -0.25) is 4.90 Å². The average molecular weight is 499 g/mol. The maximum absolute atomic E-state index is 13.1. The highest BCUT2D eigenvalue weighted by Crippen LogP contribution is 2.41. The number of nitrogens with zero attached hydrogens (tertiary/aromatic N) is 2. The molecule has 0 saturated carbocycles. The Bertz CT molecular complexity index is 1120. The SMILES string of the molecule is CCN1CCc2c(sc(-n3cccc3)c2[C@@H](CCC(C)C)NC(=O)Nc2ccc(C)c(Cl)c2)C1. The second-order valence-corrected chi connectivity index (χ2v) is 11.0. The lowest BCUT2D eigenvalue weighted by molar-refractivity contribution is 0.246. The Hall–Kier alpha value is -2.28. The van der Waals surface area contributed by atoms with Gasteiger partial charge in [0.2, 0.25) is 0 Å². The molecule has 3 heterocycles. The molecular formula is C27H35ClN4OS. The molecule has 1 aliphatic rings. The monoisotopic (exact) mass is 498 g/mol. The Kier molecular flexibility index (Phi) is 8.02. The van der Waals surface area contributed by atoms with Crippen LogP contribution in [0, 0.1) is 12.8 Å². The van der Waals surface area contributed by atoms with Gasteiger partial charge in [-0.15, -0.1) is 11.3 Å². The van der Waals surface area contributed by atoms with Crippen LogP contribution in [0.15, 0.2) is 42.7 Å². The Morgan fingerprint density at radius 2 is 1.97 bits per heavy atom. The van der Waals surface area contributed by atoms with E-state index in [9.17, 15) is 4.79 Å². The molecule has 0 saturated heterocycles. The van der Waals surface area contributed by atoms with Crippen LogP contribution in [0.1, 0.15) is 61.2 Å². The number of carbonyl (C=O) groups excluding carboxylic acids is 1. The van der Waals surface area contributed by atoms with Gasteiger partial charge in [-0.05, 0) is 74.0 Å². The van der Waals surface area contributed by atoms with Crippen LogP contribution in [0.4, 0.5) is 10.5 Å². The van der Waals surface area contributed by atoms with Crippen LogP contribution in [-0.2, 0) is 13.0 Å². The van der Waals surface area contributed by atoms with Gasteiger partial charge in [-0.1, -0.05) is 38.4 Å². The molecule has 0 aliphatic carbocycles. The fourth-order valence-electron chi connectivity index (χ4n) is 4.54. The molecule has 1 aliphatic heterocycles. The number of benzene rings is 1. The summed E-state index contributed by atoms with van der Waals surface area (Å²) < 4.78 is 2.20. The maximum Gasteiger partial charge on any atom is 0.319 e. The van der Waals surface area contributed by atoms with E-state index in [0.717, 1.165) is 44.5 Å². The number of hydrogen-bond donors (Lipinski definition) is 2. The quantitative estimate of drug-likeness (QED) is 0.345. The number of likely N-dealkylation sites (N-methyl/N-ethyl adjacent to an activating group) is 1. The lowest BCUT2D eigenvalue weighted by atomic mass is 9.92. The lowest BCUT2D eigenvalue weighted by Crippen LogP contribution is -2.35. The summed E-state index contributed by atoms with van der Waals surface area (Å²) in [7, 11) is 0. The molecule has 0 radical (unpaired) electrons. The summed E-state index contributed by atoms with van der Waals surface area (Å²) in [5.41, 5.74) is 4.40. The highest BCUT2D eigenvalue weighted by Gasteiger charge is 2.30. The Morgan fingerprint density at radius 1 is 1.21 bits per heavy atom. The van der Waals surface area contributed by atoms with E-state index in [1.165, 1.54) is 21.0 Å². The minimum atomic E-state index is -0.196. The number of aromatic nitrogens is 1. The highest BCUT2D eigenvalue weighted by molar-refractivity contribution is 7.15. The van der Waals surface area contributed by atoms with Crippen LogP contribution in [0.5, 0.6) is 0 Å². The molecule has 2 amide bonds. The third-order valence-electron chi connectivity index (χ3n) is 6.56. The van der Waals surface area contributed by atoms with E-state index in [4.69, 9.17) is 11.6 Å². The highest BCUT2D eigenvalue weighted by atomic mass is 35.5. The van der Waals surface area contributed by atoms with Crippen molar-refractivity contribution in [1.82, 2.24) is 14.8 Å². The summed E-state index contributed by atoms with van der Waals surface area (Å²) in [6, 6.07) is 9.48. The van der Waals surface area contributed by atoms with Gasteiger partial charge < -0.3 is 15.2 Å². The zero-order chi connectivity index (χ0) is 24.2. The Balaban J connectivity index is 1.66. The van der Waals surface area contributed by atoms with Crippen molar-refractivity contribution in [3.05, 3.63) is 69.3 Å². The predicted octanol–water partition coefficient (Wildman–Crippen LogP) is 7.18. The van der Waals surface area contributed by atoms with Crippen LogP contribution in [0.25, 0.3) is 5.00 Å². The van der Waals surface area contributed by atoms with Crippen molar-refractivity contribution >= 4 is 34.7 Å². The van der Waals surface area contributed by atoms with Crippen LogP contribution in [0.3, 0.4) is 0 Å². The predicted molar refractivity (Wildman–Crippen MR) is 143 cm³/mol. The number of thiophene rings is 1. The standard InChI is InChI=1S/C27H35ClN4OS/c1-5-31-15-12-21-24(17-31)34-26(32-13-6-7-14-32)25(21)23(11-8-18(2)3)30-27(33)29-20-10-9-19(4)22(28)16-20/h6-7,9-10,13-14,16,18,23H,5,8,11-12,15,17H2,1-4H3,(H2,29,30,33)/t23-/m1/s1. The zero-order valence-corrected chi connectivity index (χ0v) is 22.1. The van der Waals surface area contributed by atoms with Crippen molar-refractivity contribution in [3.63, 3.8) is 0 Å². The molecule has 0 unspecified atom stereocenters. The second-order valence-electron chi connectivity index (χ2n) is 9.52. The van der Waals surface area contributed by atoms with Crippen molar-refractivity contribution < 1.29 is 4.79 Å². The van der Waals surface area contributed by atoms with Gasteiger partial charge in [0, 0.05) is 46.6 Å². The first-order chi connectivity index (χ1) is 16.4. The molecule has 0 fully saturated rings. The van der Waals surface area contributed by atoms with E-state index in [2.05, 4.69) is 65.4 Å². The minimum absolute atomic E-state index is 0.0612. The molecule has 1 atom stereocenters. The number of halogens is 1. The summed E-state index contributed by atoms with van der Waals surface area (Å²) in [6.45, 7) is 11.7. The summed E-state index contributed by atoms with van der Waals surface area (Å²) in [4.78, 5) is 17.1. The van der Waals surface area contributed by atoms with E-state index < -0.39 is 0 Å². The van der Waals surface area contributed by atoms with Crippen molar-refractivity contribution in [1.29, 1.82) is 0 Å². The summed E-state index contributed by atoms with van der Waals surface area (Å²) >= 11 is 8.14. The fraction of sp³-hybridized carbons (Fsp3) is 0.444. The molecule has 0 spiro atoms. The molecular weight excluding hydrogens is 464 g/mol. The molecule has 182 valence electrons. The third-order valence-corrected chi connectivity index (χ3v) is 8.21. The van der Waals surface area contributed by atoms with Gasteiger partial charge in [0.1, 0.15) is 5.00 Å². The Labute approximate surface area is 212 Å². The number of hydrogen-bond acceptors (Lipinski definition) is 3. The first-order valence-electron chi connectivity index (χ1n) is 12.2. The fourth-order valence-corrected chi connectivity index (χ4v) is 6.14. The van der Waals surface area contributed by atoms with E-state index >= 15 is 0 Å². The molecule has 7 heteroatoms. The van der Waals surface area contributed by atoms with E-state index in [0.29, 0.717) is 16.6 Å². The number of urea groups is 1. The van der Waals surface area contributed by atoms with E-state index in [1.807, 2.05) is 30.4 Å². The Morgan fingerprint density at radius 3 is 2.65 bits per heavy atom. The summed E-state index contributed by atoms with van der Waals surface area (Å²) in [5, 5.41) is 8.19. The number of fused-ring (bicyclic) bond motifs is 1. The van der Waals surface area contributed by atoms with Crippen LogP contribution in [-0.4, -0.2) is 28.6 Å². The van der Waals surface area contributed by atoms with Gasteiger partial charge in [0.25, 0.3) is 0 Å². The number of rotatable bonds is 8. The first kappa shape index (κ1) is 24.8. The molecule has 2 N–H and O–H groups in total. The maximum atomic E-state index is 13.1. The van der Waals surface area contributed by atoms with Crippen LogP contribution < -0.4 is 10.6 Å². The van der Waals surface area contributed by atoms with Crippen molar-refractivity contribution in [2.45, 2.75) is 59.5 Å². The van der Waals surface area contributed by atoms with E-state index in [1.54, 1.807) is 6.07 Å². The van der Waals surface area contributed by atoms with Crippen molar-refractivity contribution in [2.75, 3.05) is 18.4 Å². The number of aryl methyl sites for hydroxylation is 1. The van der Waals surface area contributed by atoms with Crippen LogP contribution in [0.2, 0.25) is 5.02 Å². The van der Waals surface area contributed by atoms with Crippen LogP contribution >= 0.6 is 22.9 Å². The first-order valence-corrected chi connectivity index (χ1v) is 13.4. The molecule has 34 heavy (non-hydrogen) atoms. The van der Waals surface area contributed by atoms with Gasteiger partial charge in [-0.2, -0.15) is 0 Å². The topological polar surface area (TPSA) is 49.3 Å². The molecule has 5 nitrogen and oxygen atoms in total. The normalized spacial score (nSPS) is 14.8. The van der Waals surface area contributed by atoms with Crippen molar-refractivity contribution in [2.24, 2.45) is 5.92 Å². The number of amides is 2. The molecule has 3 aromatic rings. The molecule has 4 rings (SSSR count). The van der Waals surface area contributed by atoms with Gasteiger partial charge >= 0.3 is 6.03 Å². The van der Waals surface area contributed by atoms with Crippen molar-refractivity contribution in [3.8, 4) is 5.00 Å². The van der Waals surface area contributed by atoms with Gasteiger partial charge in [0.05, 0.1) is 6.04 Å². The number of anilines is 1. The largest absolute Gasteiger partial charge is 0.331 e. The molecule has 2 aromatic heterocycles. The van der Waals surface area contributed by atoms with E-state index in [-0.39, 0.29) is 12.1 Å². The smallest absolute Gasteiger partial charge is 0.319 e. The third kappa shape index (κ3) is 5.68. The number of nitrogens with one attached hydrogen (secondary N) is 2. The minimum Gasteiger partial charge on any atom is -0.331 e. The number of carbonyl (C=O) groups is 1. The van der Waals surface area contributed by atoms with Gasteiger partial charge in [0.15, 0.2) is 0 Å². The molecule has 1 aromatic carbocycles. The molecule has 0 bridgehead atoms. The summed E-state index contributed by atoms with van der Waals surface area (Å²) in [5.74, 6) is 0.559. The van der Waals surface area contributed by atoms with Gasteiger partial charge in [-0.25, -0.2) is 4.79 Å². The average Bonchev–Trinajstić information content (AvgIpc) is 3.46. The zero-order valence-electron chi connectivity index (χ0n) is 20.5.